The molecule has 0 radical (unpaired) electrons. The Hall–Kier alpha value is -2.14. The summed E-state index contributed by atoms with van der Waals surface area (Å²) in [6, 6.07) is 13.0. The van der Waals surface area contributed by atoms with E-state index in [9.17, 15) is 4.39 Å². The number of nitrogen functional groups attached to an aromatic ring is 1. The van der Waals surface area contributed by atoms with Crippen molar-refractivity contribution in [3.63, 3.8) is 0 Å². The van der Waals surface area contributed by atoms with Crippen LogP contribution >= 0.6 is 15.9 Å². The number of rotatable bonds is 2. The number of aromatic nitrogens is 2. The van der Waals surface area contributed by atoms with Crippen LogP contribution < -0.4 is 5.73 Å². The fourth-order valence-corrected chi connectivity index (χ4v) is 2.71. The highest BCUT2D eigenvalue weighted by atomic mass is 79.9. The molecule has 0 saturated heterocycles. The third-order valence-corrected chi connectivity index (χ3v) is 3.93. The van der Waals surface area contributed by atoms with Crippen molar-refractivity contribution in [1.29, 1.82) is 0 Å². The van der Waals surface area contributed by atoms with Crippen LogP contribution in [0.2, 0.25) is 0 Å². The first-order chi connectivity index (χ1) is 10.1. The normalized spacial score (nSPS) is 10.8. The molecule has 0 fully saturated rings. The van der Waals surface area contributed by atoms with E-state index in [0.29, 0.717) is 21.5 Å². The van der Waals surface area contributed by atoms with E-state index in [1.54, 1.807) is 18.2 Å². The van der Waals surface area contributed by atoms with Gasteiger partial charge in [0, 0.05) is 5.56 Å². The molecule has 0 unspecified atom stereocenters. The molecule has 0 atom stereocenters. The molecule has 3 rings (SSSR count). The molecule has 3 aromatic rings. The van der Waals surface area contributed by atoms with Crippen molar-refractivity contribution < 1.29 is 4.39 Å². The highest BCUT2D eigenvalue weighted by Crippen LogP contribution is 2.37. The van der Waals surface area contributed by atoms with Gasteiger partial charge in [-0.2, -0.15) is 5.10 Å². The zero-order valence-corrected chi connectivity index (χ0v) is 12.9. The average Bonchev–Trinajstić information content (AvgIpc) is 2.83. The number of hydrogen-bond acceptors (Lipinski definition) is 2. The van der Waals surface area contributed by atoms with Crippen LogP contribution in [-0.2, 0) is 0 Å². The largest absolute Gasteiger partial charge is 0.382 e. The summed E-state index contributed by atoms with van der Waals surface area (Å²) >= 11 is 3.20. The summed E-state index contributed by atoms with van der Waals surface area (Å²) in [6.07, 6.45) is 0. The van der Waals surface area contributed by atoms with Crippen LogP contribution in [0.5, 0.6) is 0 Å². The Morgan fingerprint density at radius 2 is 1.95 bits per heavy atom. The molecular formula is C16H13BrFN3. The predicted octanol–water partition coefficient (Wildman–Crippen LogP) is 4.54. The van der Waals surface area contributed by atoms with Gasteiger partial charge in [0.2, 0.25) is 0 Å². The van der Waals surface area contributed by atoms with Gasteiger partial charge in [-0.1, -0.05) is 35.9 Å². The Bertz CT molecular complexity index is 811. The second kappa shape index (κ2) is 5.33. The van der Waals surface area contributed by atoms with E-state index < -0.39 is 0 Å². The van der Waals surface area contributed by atoms with Crippen LogP contribution in [0.1, 0.15) is 5.56 Å². The maximum Gasteiger partial charge on any atom is 0.153 e. The summed E-state index contributed by atoms with van der Waals surface area (Å²) in [6.45, 7) is 2.00. The molecule has 106 valence electrons. The minimum Gasteiger partial charge on any atom is -0.382 e. The lowest BCUT2D eigenvalue weighted by Crippen LogP contribution is -1.91. The van der Waals surface area contributed by atoms with E-state index in [1.807, 2.05) is 31.2 Å². The summed E-state index contributed by atoms with van der Waals surface area (Å²) in [5.74, 6) is 0.0185. The maximum atomic E-state index is 14.3. The number of aromatic amines is 1. The standard InChI is InChI=1S/C16H13BrFN3/c1-9-4-2-5-10(8-9)13-15(20-21-16(13)19)11-6-3-7-12(17)14(11)18/h2-8H,1H3,(H3,19,20,21). The van der Waals surface area contributed by atoms with Gasteiger partial charge < -0.3 is 5.73 Å². The maximum absolute atomic E-state index is 14.3. The monoisotopic (exact) mass is 345 g/mol. The van der Waals surface area contributed by atoms with E-state index in [-0.39, 0.29) is 5.82 Å². The molecule has 2 aromatic carbocycles. The number of hydrogen-bond donors (Lipinski definition) is 2. The van der Waals surface area contributed by atoms with Crippen LogP contribution in [0.15, 0.2) is 46.9 Å². The summed E-state index contributed by atoms with van der Waals surface area (Å²) in [4.78, 5) is 0. The van der Waals surface area contributed by atoms with Crippen LogP contribution in [0.25, 0.3) is 22.4 Å². The number of nitrogens with two attached hydrogens (primary N) is 1. The Morgan fingerprint density at radius 3 is 2.71 bits per heavy atom. The smallest absolute Gasteiger partial charge is 0.153 e. The van der Waals surface area contributed by atoms with E-state index in [2.05, 4.69) is 26.1 Å². The van der Waals surface area contributed by atoms with Gasteiger partial charge in [0.05, 0.1) is 15.7 Å². The molecule has 1 heterocycles. The molecular weight excluding hydrogens is 333 g/mol. The SMILES string of the molecule is Cc1cccc(-c2c(N)n[nH]c2-c2cccc(Br)c2F)c1. The number of aryl methyl sites for hydroxylation is 1. The van der Waals surface area contributed by atoms with Gasteiger partial charge >= 0.3 is 0 Å². The van der Waals surface area contributed by atoms with Gasteiger partial charge in [-0.15, -0.1) is 0 Å². The summed E-state index contributed by atoms with van der Waals surface area (Å²) < 4.78 is 14.7. The average molecular weight is 346 g/mol. The Labute approximate surface area is 130 Å². The first-order valence-corrected chi connectivity index (χ1v) is 7.22. The van der Waals surface area contributed by atoms with Crippen LogP contribution in [0.4, 0.5) is 10.2 Å². The highest BCUT2D eigenvalue weighted by Gasteiger charge is 2.18. The second-order valence-electron chi connectivity index (χ2n) is 4.83. The van der Waals surface area contributed by atoms with Crippen molar-refractivity contribution in [3.8, 4) is 22.4 Å². The number of nitrogens with one attached hydrogen (secondary N) is 1. The molecule has 0 aliphatic carbocycles. The fourth-order valence-electron chi connectivity index (χ4n) is 2.34. The van der Waals surface area contributed by atoms with E-state index in [1.165, 1.54) is 0 Å². The Kier molecular flexibility index (Phi) is 3.51. The molecule has 0 aliphatic heterocycles. The molecule has 21 heavy (non-hydrogen) atoms. The van der Waals surface area contributed by atoms with E-state index in [4.69, 9.17) is 5.73 Å². The van der Waals surface area contributed by atoms with Gasteiger partial charge in [0.25, 0.3) is 0 Å². The minimum absolute atomic E-state index is 0.338. The van der Waals surface area contributed by atoms with Crippen molar-refractivity contribution in [2.24, 2.45) is 0 Å². The lowest BCUT2D eigenvalue weighted by atomic mass is 9.99. The number of H-pyrrole nitrogens is 1. The lowest BCUT2D eigenvalue weighted by Gasteiger charge is -2.07. The van der Waals surface area contributed by atoms with Crippen molar-refractivity contribution in [3.05, 3.63) is 58.3 Å². The van der Waals surface area contributed by atoms with Crippen molar-refractivity contribution in [1.82, 2.24) is 10.2 Å². The number of halogens is 2. The number of nitrogens with zero attached hydrogens (tertiary/aromatic N) is 1. The summed E-state index contributed by atoms with van der Waals surface area (Å²) in [5, 5.41) is 6.88. The lowest BCUT2D eigenvalue weighted by molar-refractivity contribution is 0.624. The molecule has 0 bridgehead atoms. The second-order valence-corrected chi connectivity index (χ2v) is 5.68. The molecule has 5 heteroatoms. The quantitative estimate of drug-likeness (QED) is 0.716. The first-order valence-electron chi connectivity index (χ1n) is 6.43. The molecule has 0 spiro atoms. The van der Waals surface area contributed by atoms with Crippen LogP contribution in [0, 0.1) is 12.7 Å². The summed E-state index contributed by atoms with van der Waals surface area (Å²) in [5.41, 5.74) is 9.72. The van der Waals surface area contributed by atoms with Gasteiger partial charge in [-0.25, -0.2) is 4.39 Å². The third-order valence-electron chi connectivity index (χ3n) is 3.32. The highest BCUT2D eigenvalue weighted by molar-refractivity contribution is 9.10. The first kappa shape index (κ1) is 13.8. The van der Waals surface area contributed by atoms with Crippen molar-refractivity contribution >= 4 is 21.7 Å². The Balaban J connectivity index is 2.24. The molecule has 3 N–H and O–H groups in total. The van der Waals surface area contributed by atoms with Gasteiger partial charge in [-0.3, -0.25) is 5.10 Å². The minimum atomic E-state index is -0.338. The molecule has 0 aliphatic rings. The zero-order valence-electron chi connectivity index (χ0n) is 11.3. The van der Waals surface area contributed by atoms with Crippen molar-refractivity contribution in [2.75, 3.05) is 5.73 Å². The Morgan fingerprint density at radius 1 is 1.19 bits per heavy atom. The number of anilines is 1. The van der Waals surface area contributed by atoms with Crippen LogP contribution in [0.3, 0.4) is 0 Å². The van der Waals surface area contributed by atoms with Gasteiger partial charge in [0.15, 0.2) is 5.82 Å². The fraction of sp³-hybridized carbons (Fsp3) is 0.0625. The third kappa shape index (κ3) is 2.45. The van der Waals surface area contributed by atoms with E-state index >= 15 is 0 Å². The van der Waals surface area contributed by atoms with Gasteiger partial charge in [-0.05, 0) is 40.5 Å². The topological polar surface area (TPSA) is 54.7 Å². The van der Waals surface area contributed by atoms with Crippen molar-refractivity contribution in [2.45, 2.75) is 6.92 Å². The molecule has 0 saturated carbocycles. The van der Waals surface area contributed by atoms with Crippen LogP contribution in [-0.4, -0.2) is 10.2 Å². The predicted molar refractivity (Wildman–Crippen MR) is 86.3 cm³/mol. The molecule has 1 aromatic heterocycles. The molecule has 0 amide bonds. The number of benzene rings is 2. The van der Waals surface area contributed by atoms with Gasteiger partial charge in [0.1, 0.15) is 5.82 Å². The zero-order chi connectivity index (χ0) is 15.0. The summed E-state index contributed by atoms with van der Waals surface area (Å²) in [7, 11) is 0. The molecule has 3 nitrogen and oxygen atoms in total. The van der Waals surface area contributed by atoms with E-state index in [0.717, 1.165) is 16.7 Å².